The van der Waals surface area contributed by atoms with E-state index < -0.39 is 11.5 Å². The standard InChI is InChI=1S/C17H18BrNO2/c1-17(16(20)21,12-11-13-7-3-2-4-8-13)19-15-10-6-5-9-14(15)18/h2-10,19H,11-12H2,1H3,(H,20,21). The lowest BCUT2D eigenvalue weighted by molar-refractivity contribution is -0.141. The predicted octanol–water partition coefficient (Wildman–Crippen LogP) is 4.34. The van der Waals surface area contributed by atoms with Crippen LogP contribution < -0.4 is 5.32 Å². The van der Waals surface area contributed by atoms with Gasteiger partial charge in [0.15, 0.2) is 0 Å². The summed E-state index contributed by atoms with van der Waals surface area (Å²) in [6.07, 6.45) is 1.22. The number of aryl methyl sites for hydroxylation is 1. The maximum atomic E-state index is 11.7. The molecule has 2 N–H and O–H groups in total. The second-order valence-electron chi connectivity index (χ2n) is 5.23. The van der Waals surface area contributed by atoms with E-state index in [-0.39, 0.29) is 0 Å². The zero-order valence-corrected chi connectivity index (χ0v) is 13.4. The van der Waals surface area contributed by atoms with Gasteiger partial charge >= 0.3 is 5.97 Å². The zero-order valence-electron chi connectivity index (χ0n) is 11.8. The molecule has 2 aromatic carbocycles. The summed E-state index contributed by atoms with van der Waals surface area (Å²) in [6.45, 7) is 1.72. The summed E-state index contributed by atoms with van der Waals surface area (Å²) in [5, 5.41) is 12.7. The SMILES string of the molecule is CC(CCc1ccccc1)(Nc1ccccc1Br)C(=O)O. The van der Waals surface area contributed by atoms with Crippen LogP contribution in [-0.2, 0) is 11.2 Å². The molecule has 0 radical (unpaired) electrons. The minimum Gasteiger partial charge on any atom is -0.480 e. The average molecular weight is 348 g/mol. The molecule has 0 heterocycles. The normalized spacial score (nSPS) is 13.4. The summed E-state index contributed by atoms with van der Waals surface area (Å²) >= 11 is 3.44. The number of halogens is 1. The largest absolute Gasteiger partial charge is 0.480 e. The molecule has 2 aromatic rings. The van der Waals surface area contributed by atoms with E-state index >= 15 is 0 Å². The van der Waals surface area contributed by atoms with Crippen molar-refractivity contribution in [1.82, 2.24) is 0 Å². The maximum absolute atomic E-state index is 11.7. The highest BCUT2D eigenvalue weighted by Crippen LogP contribution is 2.27. The molecule has 0 aliphatic rings. The second kappa shape index (κ2) is 6.76. The van der Waals surface area contributed by atoms with Crippen molar-refractivity contribution in [3.8, 4) is 0 Å². The Labute approximate surface area is 133 Å². The number of aliphatic carboxylic acids is 1. The highest BCUT2D eigenvalue weighted by atomic mass is 79.9. The van der Waals surface area contributed by atoms with Gasteiger partial charge in [-0.05, 0) is 53.4 Å². The Balaban J connectivity index is 2.13. The van der Waals surface area contributed by atoms with Gasteiger partial charge in [-0.1, -0.05) is 42.5 Å². The topological polar surface area (TPSA) is 49.3 Å². The Morgan fingerprint density at radius 1 is 1.14 bits per heavy atom. The summed E-state index contributed by atoms with van der Waals surface area (Å²) in [5.74, 6) is -0.853. The number of benzene rings is 2. The molecule has 0 aliphatic heterocycles. The highest BCUT2D eigenvalue weighted by molar-refractivity contribution is 9.10. The Morgan fingerprint density at radius 2 is 1.76 bits per heavy atom. The average Bonchev–Trinajstić information content (AvgIpc) is 2.48. The van der Waals surface area contributed by atoms with E-state index in [1.807, 2.05) is 54.6 Å². The number of hydrogen-bond donors (Lipinski definition) is 2. The van der Waals surface area contributed by atoms with E-state index in [0.717, 1.165) is 15.7 Å². The molecule has 0 spiro atoms. The van der Waals surface area contributed by atoms with Crippen LogP contribution in [0.25, 0.3) is 0 Å². The minimum absolute atomic E-state index is 0.508. The lowest BCUT2D eigenvalue weighted by Crippen LogP contribution is -2.43. The zero-order chi connectivity index (χ0) is 15.3. The quantitative estimate of drug-likeness (QED) is 0.817. The van der Waals surface area contributed by atoms with Gasteiger partial charge in [0.1, 0.15) is 5.54 Å². The van der Waals surface area contributed by atoms with E-state index in [4.69, 9.17) is 0 Å². The first kappa shape index (κ1) is 15.6. The van der Waals surface area contributed by atoms with Crippen molar-refractivity contribution in [2.24, 2.45) is 0 Å². The van der Waals surface area contributed by atoms with Gasteiger partial charge in [0.25, 0.3) is 0 Å². The van der Waals surface area contributed by atoms with Gasteiger partial charge in [0.05, 0.1) is 0 Å². The first-order valence-electron chi connectivity index (χ1n) is 6.81. The van der Waals surface area contributed by atoms with E-state index in [1.165, 1.54) is 0 Å². The van der Waals surface area contributed by atoms with Crippen LogP contribution in [-0.4, -0.2) is 16.6 Å². The number of para-hydroxylation sites is 1. The van der Waals surface area contributed by atoms with E-state index in [2.05, 4.69) is 21.2 Å². The number of carbonyl (C=O) groups is 1. The van der Waals surface area contributed by atoms with Gasteiger partial charge in [-0.3, -0.25) is 0 Å². The number of carboxylic acids is 1. The van der Waals surface area contributed by atoms with E-state index in [9.17, 15) is 9.90 Å². The van der Waals surface area contributed by atoms with Crippen molar-refractivity contribution in [2.75, 3.05) is 5.32 Å². The summed E-state index contributed by atoms with van der Waals surface area (Å²) in [7, 11) is 0. The lowest BCUT2D eigenvalue weighted by atomic mass is 9.93. The van der Waals surface area contributed by atoms with Crippen molar-refractivity contribution in [1.29, 1.82) is 0 Å². The Hall–Kier alpha value is -1.81. The summed E-state index contributed by atoms with van der Waals surface area (Å²) in [6, 6.07) is 17.5. The van der Waals surface area contributed by atoms with Crippen molar-refractivity contribution < 1.29 is 9.90 Å². The second-order valence-corrected chi connectivity index (χ2v) is 6.08. The highest BCUT2D eigenvalue weighted by Gasteiger charge is 2.33. The molecule has 0 saturated heterocycles. The molecule has 0 bridgehead atoms. The van der Waals surface area contributed by atoms with Crippen LogP contribution in [0.1, 0.15) is 18.9 Å². The van der Waals surface area contributed by atoms with Crippen LogP contribution >= 0.6 is 15.9 Å². The van der Waals surface area contributed by atoms with Crippen molar-refractivity contribution in [3.05, 3.63) is 64.6 Å². The van der Waals surface area contributed by atoms with Crippen LogP contribution in [0, 0.1) is 0 Å². The fraction of sp³-hybridized carbons (Fsp3) is 0.235. The predicted molar refractivity (Wildman–Crippen MR) is 88.6 cm³/mol. The molecule has 0 saturated carbocycles. The smallest absolute Gasteiger partial charge is 0.329 e. The molecular formula is C17H18BrNO2. The van der Waals surface area contributed by atoms with Crippen molar-refractivity contribution >= 4 is 27.6 Å². The van der Waals surface area contributed by atoms with Crippen molar-refractivity contribution in [3.63, 3.8) is 0 Å². The number of hydrogen-bond acceptors (Lipinski definition) is 2. The Bertz CT molecular complexity index is 615. The Kier molecular flexibility index (Phi) is 5.02. The Morgan fingerprint density at radius 3 is 2.38 bits per heavy atom. The molecule has 3 nitrogen and oxygen atoms in total. The molecule has 4 heteroatoms. The number of nitrogens with one attached hydrogen (secondary N) is 1. The monoisotopic (exact) mass is 347 g/mol. The molecular weight excluding hydrogens is 330 g/mol. The van der Waals surface area contributed by atoms with Gasteiger partial charge in [0, 0.05) is 10.2 Å². The third kappa shape index (κ3) is 4.08. The van der Waals surface area contributed by atoms with Crippen LogP contribution in [0.2, 0.25) is 0 Å². The molecule has 2 rings (SSSR count). The molecule has 21 heavy (non-hydrogen) atoms. The third-order valence-electron chi connectivity index (χ3n) is 3.51. The number of rotatable bonds is 6. The number of carboxylic acid groups (broad SMARTS) is 1. The van der Waals surface area contributed by atoms with E-state index in [1.54, 1.807) is 6.92 Å². The summed E-state index contributed by atoms with van der Waals surface area (Å²) in [5.41, 5.74) is 0.911. The first-order chi connectivity index (χ1) is 10.0. The van der Waals surface area contributed by atoms with Gasteiger partial charge < -0.3 is 10.4 Å². The molecule has 1 atom stereocenters. The maximum Gasteiger partial charge on any atom is 0.329 e. The van der Waals surface area contributed by atoms with Gasteiger partial charge in [0.2, 0.25) is 0 Å². The molecule has 0 fully saturated rings. The first-order valence-corrected chi connectivity index (χ1v) is 7.60. The van der Waals surface area contributed by atoms with Crippen LogP contribution in [0.4, 0.5) is 5.69 Å². The van der Waals surface area contributed by atoms with Gasteiger partial charge in [-0.15, -0.1) is 0 Å². The molecule has 0 aliphatic carbocycles. The lowest BCUT2D eigenvalue weighted by Gasteiger charge is -2.28. The minimum atomic E-state index is -1.01. The fourth-order valence-corrected chi connectivity index (χ4v) is 2.51. The van der Waals surface area contributed by atoms with Crippen LogP contribution in [0.5, 0.6) is 0 Å². The van der Waals surface area contributed by atoms with Gasteiger partial charge in [-0.2, -0.15) is 0 Å². The van der Waals surface area contributed by atoms with E-state index in [0.29, 0.717) is 12.8 Å². The molecule has 110 valence electrons. The number of anilines is 1. The fourth-order valence-electron chi connectivity index (χ4n) is 2.12. The molecule has 0 aromatic heterocycles. The third-order valence-corrected chi connectivity index (χ3v) is 4.20. The molecule has 0 amide bonds. The van der Waals surface area contributed by atoms with Crippen LogP contribution in [0.15, 0.2) is 59.1 Å². The van der Waals surface area contributed by atoms with Crippen molar-refractivity contribution in [2.45, 2.75) is 25.3 Å². The van der Waals surface area contributed by atoms with Crippen LogP contribution in [0.3, 0.4) is 0 Å². The van der Waals surface area contributed by atoms with Gasteiger partial charge in [-0.25, -0.2) is 4.79 Å². The summed E-state index contributed by atoms with van der Waals surface area (Å²) in [4.78, 5) is 11.7. The summed E-state index contributed by atoms with van der Waals surface area (Å²) < 4.78 is 0.859. The molecule has 1 unspecified atom stereocenters.